The second-order valence-corrected chi connectivity index (χ2v) is 5.14. The predicted molar refractivity (Wildman–Crippen MR) is 72.3 cm³/mol. The standard InChI is InChI=1S/C13H14ClF3N2O2/c1-21-8-5-11(18-6-8)12(20)19-10-4-7(13(15,16)17)2-3-9(10)14/h2-4,8,11,18H,5-6H2,1H3,(H,19,20). The number of nitrogens with one attached hydrogen (secondary N) is 2. The number of anilines is 1. The Balaban J connectivity index is 2.10. The zero-order valence-electron chi connectivity index (χ0n) is 11.1. The number of ether oxygens (including phenoxy) is 1. The van der Waals surface area contributed by atoms with Crippen molar-refractivity contribution < 1.29 is 22.7 Å². The summed E-state index contributed by atoms with van der Waals surface area (Å²) in [6.45, 7) is 0.519. The minimum atomic E-state index is -4.49. The van der Waals surface area contributed by atoms with Gasteiger partial charge in [-0.1, -0.05) is 11.6 Å². The third-order valence-electron chi connectivity index (χ3n) is 3.29. The van der Waals surface area contributed by atoms with E-state index in [1.165, 1.54) is 7.11 Å². The molecule has 2 N–H and O–H groups in total. The van der Waals surface area contributed by atoms with Crippen molar-refractivity contribution in [3.8, 4) is 0 Å². The molecule has 0 radical (unpaired) electrons. The van der Waals surface area contributed by atoms with Gasteiger partial charge in [0.15, 0.2) is 0 Å². The number of carbonyl (C=O) groups is 1. The first kappa shape index (κ1) is 16.1. The van der Waals surface area contributed by atoms with Gasteiger partial charge in [-0.3, -0.25) is 4.79 Å². The van der Waals surface area contributed by atoms with Gasteiger partial charge >= 0.3 is 6.18 Å². The van der Waals surface area contributed by atoms with Crippen molar-refractivity contribution in [2.45, 2.75) is 24.7 Å². The molecule has 2 atom stereocenters. The Morgan fingerprint density at radius 3 is 2.76 bits per heavy atom. The Morgan fingerprint density at radius 2 is 2.19 bits per heavy atom. The zero-order valence-corrected chi connectivity index (χ0v) is 11.9. The normalized spacial score (nSPS) is 22.3. The van der Waals surface area contributed by atoms with Crippen LogP contribution in [0.2, 0.25) is 5.02 Å². The van der Waals surface area contributed by atoms with Gasteiger partial charge < -0.3 is 15.4 Å². The highest BCUT2D eigenvalue weighted by molar-refractivity contribution is 6.33. The van der Waals surface area contributed by atoms with Gasteiger partial charge in [-0.2, -0.15) is 13.2 Å². The van der Waals surface area contributed by atoms with E-state index >= 15 is 0 Å². The SMILES string of the molecule is COC1CNC(C(=O)Nc2cc(C(F)(F)F)ccc2Cl)C1. The van der Waals surface area contributed by atoms with Crippen LogP contribution in [-0.2, 0) is 15.7 Å². The van der Waals surface area contributed by atoms with Gasteiger partial charge in [-0.25, -0.2) is 0 Å². The fourth-order valence-electron chi connectivity index (χ4n) is 2.10. The Labute approximate surface area is 124 Å². The molecule has 4 nitrogen and oxygen atoms in total. The summed E-state index contributed by atoms with van der Waals surface area (Å²) in [4.78, 5) is 12.0. The second kappa shape index (κ2) is 6.21. The van der Waals surface area contributed by atoms with Crippen LogP contribution < -0.4 is 10.6 Å². The first-order valence-electron chi connectivity index (χ1n) is 6.25. The van der Waals surface area contributed by atoms with Gasteiger partial charge in [0.2, 0.25) is 5.91 Å². The number of carbonyl (C=O) groups excluding carboxylic acids is 1. The molecule has 0 aromatic heterocycles. The van der Waals surface area contributed by atoms with Crippen molar-refractivity contribution in [2.24, 2.45) is 0 Å². The number of amides is 1. The van der Waals surface area contributed by atoms with Gasteiger partial charge in [-0.05, 0) is 24.6 Å². The Hall–Kier alpha value is -1.31. The van der Waals surface area contributed by atoms with E-state index < -0.39 is 23.7 Å². The molecule has 0 bridgehead atoms. The van der Waals surface area contributed by atoms with Gasteiger partial charge in [-0.15, -0.1) is 0 Å². The first-order chi connectivity index (χ1) is 9.81. The van der Waals surface area contributed by atoms with Crippen LogP contribution in [0.15, 0.2) is 18.2 Å². The molecule has 8 heteroatoms. The predicted octanol–water partition coefficient (Wildman–Crippen LogP) is 2.67. The van der Waals surface area contributed by atoms with Crippen LogP contribution in [0.5, 0.6) is 0 Å². The summed E-state index contributed by atoms with van der Waals surface area (Å²) < 4.78 is 43.1. The fraction of sp³-hybridized carbons (Fsp3) is 0.462. The molecule has 1 aliphatic heterocycles. The van der Waals surface area contributed by atoms with Crippen molar-refractivity contribution in [3.63, 3.8) is 0 Å². The third kappa shape index (κ3) is 3.87. The van der Waals surface area contributed by atoms with E-state index in [0.29, 0.717) is 13.0 Å². The molecule has 1 aromatic carbocycles. The Bertz CT molecular complexity index is 537. The molecule has 116 valence electrons. The largest absolute Gasteiger partial charge is 0.416 e. The maximum atomic E-state index is 12.7. The molecule has 21 heavy (non-hydrogen) atoms. The molecule has 2 unspecified atom stereocenters. The molecule has 1 amide bonds. The number of benzene rings is 1. The number of alkyl halides is 3. The highest BCUT2D eigenvalue weighted by atomic mass is 35.5. The summed E-state index contributed by atoms with van der Waals surface area (Å²) in [7, 11) is 1.54. The molecule has 0 aliphatic carbocycles. The lowest BCUT2D eigenvalue weighted by molar-refractivity contribution is -0.137. The second-order valence-electron chi connectivity index (χ2n) is 4.74. The Kier molecular flexibility index (Phi) is 4.75. The lowest BCUT2D eigenvalue weighted by Crippen LogP contribution is -2.35. The van der Waals surface area contributed by atoms with Gasteiger partial charge in [0.25, 0.3) is 0 Å². The van der Waals surface area contributed by atoms with Crippen molar-refractivity contribution in [1.29, 1.82) is 0 Å². The van der Waals surface area contributed by atoms with E-state index in [2.05, 4.69) is 10.6 Å². The number of hydrogen-bond acceptors (Lipinski definition) is 3. The van der Waals surface area contributed by atoms with Crippen LogP contribution in [-0.4, -0.2) is 31.7 Å². The van der Waals surface area contributed by atoms with E-state index in [-0.39, 0.29) is 16.8 Å². The van der Waals surface area contributed by atoms with E-state index in [1.54, 1.807) is 0 Å². The van der Waals surface area contributed by atoms with E-state index in [4.69, 9.17) is 16.3 Å². The summed E-state index contributed by atoms with van der Waals surface area (Å²) in [6.07, 6.45) is -4.12. The minimum absolute atomic E-state index is 0.0534. The highest BCUT2D eigenvalue weighted by Gasteiger charge is 2.32. The van der Waals surface area contributed by atoms with Gasteiger partial charge in [0, 0.05) is 13.7 Å². The molecule has 2 rings (SSSR count). The summed E-state index contributed by atoms with van der Waals surface area (Å²) in [6, 6.07) is 2.29. The molecule has 1 saturated heterocycles. The van der Waals surface area contributed by atoms with Gasteiger partial charge in [0.05, 0.1) is 28.4 Å². The van der Waals surface area contributed by atoms with Gasteiger partial charge in [0.1, 0.15) is 0 Å². The van der Waals surface area contributed by atoms with Crippen molar-refractivity contribution in [2.75, 3.05) is 19.0 Å². The van der Waals surface area contributed by atoms with Crippen LogP contribution in [0.1, 0.15) is 12.0 Å². The lowest BCUT2D eigenvalue weighted by Gasteiger charge is -2.14. The van der Waals surface area contributed by atoms with Crippen LogP contribution in [0, 0.1) is 0 Å². The molecule has 1 fully saturated rings. The number of halogens is 4. The maximum absolute atomic E-state index is 12.7. The summed E-state index contributed by atoms with van der Waals surface area (Å²) in [5, 5.41) is 5.41. The van der Waals surface area contributed by atoms with E-state index in [9.17, 15) is 18.0 Å². The van der Waals surface area contributed by atoms with Crippen molar-refractivity contribution in [3.05, 3.63) is 28.8 Å². The maximum Gasteiger partial charge on any atom is 0.416 e. The lowest BCUT2D eigenvalue weighted by atomic mass is 10.1. The monoisotopic (exact) mass is 322 g/mol. The molecule has 1 heterocycles. The quantitative estimate of drug-likeness (QED) is 0.899. The molecular weight excluding hydrogens is 309 g/mol. The topological polar surface area (TPSA) is 50.4 Å². The Morgan fingerprint density at radius 1 is 1.48 bits per heavy atom. The number of hydrogen-bond donors (Lipinski definition) is 2. The minimum Gasteiger partial charge on any atom is -0.380 e. The smallest absolute Gasteiger partial charge is 0.380 e. The van der Waals surface area contributed by atoms with Crippen molar-refractivity contribution >= 4 is 23.2 Å². The molecular formula is C13H14ClF3N2O2. The fourth-order valence-corrected chi connectivity index (χ4v) is 2.26. The summed E-state index contributed by atoms with van der Waals surface area (Å²) in [5.74, 6) is -0.434. The number of methoxy groups -OCH3 is 1. The molecule has 0 saturated carbocycles. The van der Waals surface area contributed by atoms with Crippen LogP contribution in [0.25, 0.3) is 0 Å². The van der Waals surface area contributed by atoms with E-state index in [0.717, 1.165) is 18.2 Å². The zero-order chi connectivity index (χ0) is 15.6. The van der Waals surface area contributed by atoms with Crippen LogP contribution in [0.4, 0.5) is 18.9 Å². The molecule has 1 aliphatic rings. The van der Waals surface area contributed by atoms with E-state index in [1.807, 2.05) is 0 Å². The average Bonchev–Trinajstić information content (AvgIpc) is 2.88. The third-order valence-corrected chi connectivity index (χ3v) is 3.62. The average molecular weight is 323 g/mol. The van der Waals surface area contributed by atoms with Crippen LogP contribution in [0.3, 0.4) is 0 Å². The highest BCUT2D eigenvalue weighted by Crippen LogP contribution is 2.33. The van der Waals surface area contributed by atoms with Crippen LogP contribution >= 0.6 is 11.6 Å². The number of rotatable bonds is 3. The molecule has 1 aromatic rings. The summed E-state index contributed by atoms with van der Waals surface area (Å²) in [5.41, 5.74) is -0.921. The first-order valence-corrected chi connectivity index (χ1v) is 6.63. The summed E-state index contributed by atoms with van der Waals surface area (Å²) >= 11 is 5.83. The van der Waals surface area contributed by atoms with Crippen molar-refractivity contribution in [1.82, 2.24) is 5.32 Å². The molecule has 0 spiro atoms.